The largest absolute Gasteiger partial charge is 0.369 e. The van der Waals surface area contributed by atoms with Crippen LogP contribution in [0.4, 0.5) is 5.69 Å². The number of hydrogen-bond acceptors (Lipinski definition) is 3. The zero-order valence-corrected chi connectivity index (χ0v) is 10.8. The van der Waals surface area contributed by atoms with Gasteiger partial charge in [-0.2, -0.15) is 0 Å². The number of piperidine rings is 1. The highest BCUT2D eigenvalue weighted by Gasteiger charge is 2.23. The fourth-order valence-corrected chi connectivity index (χ4v) is 2.00. The molecule has 2 atom stereocenters. The van der Waals surface area contributed by atoms with Gasteiger partial charge in [0, 0.05) is 19.1 Å². The lowest BCUT2D eigenvalue weighted by Crippen LogP contribution is -2.47. The minimum Gasteiger partial charge on any atom is -0.369 e. The Kier molecular flexibility index (Phi) is 4.84. The predicted molar refractivity (Wildman–Crippen MR) is 70.5 cm³/mol. The molecule has 0 saturated carbocycles. The molecule has 16 heavy (non-hydrogen) atoms. The van der Waals surface area contributed by atoms with Gasteiger partial charge < -0.3 is 10.6 Å². The summed E-state index contributed by atoms with van der Waals surface area (Å²) in [7, 11) is 0. The van der Waals surface area contributed by atoms with Crippen LogP contribution in [0.15, 0.2) is 18.3 Å². The van der Waals surface area contributed by atoms with Crippen molar-refractivity contribution in [3.05, 3.63) is 23.5 Å². The molecule has 5 heteroatoms. The minimum atomic E-state index is 0. The summed E-state index contributed by atoms with van der Waals surface area (Å²) in [6, 6.07) is 4.08. The first-order chi connectivity index (χ1) is 7.16. The SMILES string of the molecule is CC1CCN(c2ccc(Cl)nc2)CC1N.Cl. The van der Waals surface area contributed by atoms with Gasteiger partial charge in [-0.15, -0.1) is 12.4 Å². The van der Waals surface area contributed by atoms with E-state index in [1.54, 1.807) is 0 Å². The van der Waals surface area contributed by atoms with Gasteiger partial charge in [-0.05, 0) is 24.5 Å². The van der Waals surface area contributed by atoms with E-state index < -0.39 is 0 Å². The number of halogens is 2. The monoisotopic (exact) mass is 261 g/mol. The first kappa shape index (κ1) is 13.6. The number of aromatic nitrogens is 1. The van der Waals surface area contributed by atoms with Gasteiger partial charge in [-0.25, -0.2) is 4.98 Å². The zero-order valence-electron chi connectivity index (χ0n) is 9.27. The van der Waals surface area contributed by atoms with Crippen LogP contribution in [0.1, 0.15) is 13.3 Å². The molecule has 1 aliphatic heterocycles. The van der Waals surface area contributed by atoms with Crippen molar-refractivity contribution in [3.8, 4) is 0 Å². The van der Waals surface area contributed by atoms with Crippen LogP contribution in [0, 0.1) is 5.92 Å². The molecule has 1 fully saturated rings. The number of anilines is 1. The Balaban J connectivity index is 0.00000128. The van der Waals surface area contributed by atoms with Crippen molar-refractivity contribution in [1.29, 1.82) is 0 Å². The van der Waals surface area contributed by atoms with E-state index in [2.05, 4.69) is 16.8 Å². The molecule has 0 radical (unpaired) electrons. The first-order valence-electron chi connectivity index (χ1n) is 5.29. The normalized spacial score (nSPS) is 25.1. The van der Waals surface area contributed by atoms with Gasteiger partial charge in [-0.1, -0.05) is 18.5 Å². The number of nitrogens with zero attached hydrogens (tertiary/aromatic N) is 2. The Bertz CT molecular complexity index is 329. The van der Waals surface area contributed by atoms with Crippen molar-refractivity contribution in [2.45, 2.75) is 19.4 Å². The van der Waals surface area contributed by atoms with Crippen LogP contribution in [0.5, 0.6) is 0 Å². The van der Waals surface area contributed by atoms with Crippen LogP contribution in [-0.2, 0) is 0 Å². The summed E-state index contributed by atoms with van der Waals surface area (Å²) in [4.78, 5) is 6.35. The standard InChI is InChI=1S/C11H16ClN3.ClH/c1-8-4-5-15(7-10(8)13)9-2-3-11(12)14-6-9;/h2-3,6,8,10H,4-5,7,13H2,1H3;1H. The van der Waals surface area contributed by atoms with Crippen molar-refractivity contribution in [2.75, 3.05) is 18.0 Å². The third kappa shape index (κ3) is 3.00. The molecule has 2 heterocycles. The molecule has 3 nitrogen and oxygen atoms in total. The molecule has 0 spiro atoms. The van der Waals surface area contributed by atoms with Crippen molar-refractivity contribution < 1.29 is 0 Å². The van der Waals surface area contributed by atoms with E-state index in [0.29, 0.717) is 11.1 Å². The topological polar surface area (TPSA) is 42.2 Å². The van der Waals surface area contributed by atoms with Crippen molar-refractivity contribution in [1.82, 2.24) is 4.98 Å². The van der Waals surface area contributed by atoms with E-state index in [1.807, 2.05) is 18.3 Å². The lowest BCUT2D eigenvalue weighted by Gasteiger charge is -2.36. The highest BCUT2D eigenvalue weighted by atomic mass is 35.5. The molecule has 2 unspecified atom stereocenters. The number of rotatable bonds is 1. The second-order valence-electron chi connectivity index (χ2n) is 4.21. The predicted octanol–water partition coefficient (Wildman–Crippen LogP) is 2.33. The summed E-state index contributed by atoms with van der Waals surface area (Å²) in [6.45, 7) is 4.17. The third-order valence-electron chi connectivity index (χ3n) is 3.09. The number of pyridine rings is 1. The van der Waals surface area contributed by atoms with Crippen LogP contribution < -0.4 is 10.6 Å². The Morgan fingerprint density at radius 2 is 2.25 bits per heavy atom. The van der Waals surface area contributed by atoms with Crippen LogP contribution in [0.3, 0.4) is 0 Å². The number of hydrogen-bond donors (Lipinski definition) is 1. The maximum Gasteiger partial charge on any atom is 0.129 e. The molecular formula is C11H17Cl2N3. The molecule has 2 rings (SSSR count). The van der Waals surface area contributed by atoms with E-state index in [0.717, 1.165) is 25.2 Å². The highest BCUT2D eigenvalue weighted by molar-refractivity contribution is 6.29. The van der Waals surface area contributed by atoms with Crippen molar-refractivity contribution in [3.63, 3.8) is 0 Å². The van der Waals surface area contributed by atoms with Gasteiger partial charge in [0.25, 0.3) is 0 Å². The maximum absolute atomic E-state index is 6.05. The summed E-state index contributed by atoms with van der Waals surface area (Å²) in [5, 5.41) is 0.536. The van der Waals surface area contributed by atoms with Crippen molar-refractivity contribution >= 4 is 29.7 Å². The molecule has 1 aliphatic rings. The summed E-state index contributed by atoms with van der Waals surface area (Å²) in [5.41, 5.74) is 7.16. The molecule has 1 aromatic heterocycles. The molecule has 2 N–H and O–H groups in total. The first-order valence-corrected chi connectivity index (χ1v) is 5.66. The van der Waals surface area contributed by atoms with E-state index in [9.17, 15) is 0 Å². The van der Waals surface area contributed by atoms with Crippen LogP contribution in [0.25, 0.3) is 0 Å². The van der Waals surface area contributed by atoms with Gasteiger partial charge in [0.05, 0.1) is 11.9 Å². The lowest BCUT2D eigenvalue weighted by molar-refractivity contribution is 0.379. The summed E-state index contributed by atoms with van der Waals surface area (Å²) in [6.07, 6.45) is 2.95. The number of nitrogens with two attached hydrogens (primary N) is 1. The summed E-state index contributed by atoms with van der Waals surface area (Å²) < 4.78 is 0. The average molecular weight is 262 g/mol. The Hall–Kier alpha value is -0.510. The lowest BCUT2D eigenvalue weighted by atomic mass is 9.94. The quantitative estimate of drug-likeness (QED) is 0.790. The van der Waals surface area contributed by atoms with Gasteiger partial charge >= 0.3 is 0 Å². The molecule has 0 amide bonds. The summed E-state index contributed by atoms with van der Waals surface area (Å²) in [5.74, 6) is 0.613. The third-order valence-corrected chi connectivity index (χ3v) is 3.32. The van der Waals surface area contributed by atoms with Crippen LogP contribution >= 0.6 is 24.0 Å². The molecule has 1 aromatic rings. The molecule has 0 aromatic carbocycles. The molecule has 1 saturated heterocycles. The highest BCUT2D eigenvalue weighted by Crippen LogP contribution is 2.22. The minimum absolute atomic E-state index is 0. The molecule has 90 valence electrons. The van der Waals surface area contributed by atoms with Crippen LogP contribution in [-0.4, -0.2) is 24.1 Å². The Morgan fingerprint density at radius 3 is 2.81 bits per heavy atom. The van der Waals surface area contributed by atoms with Crippen LogP contribution in [0.2, 0.25) is 5.15 Å². The van der Waals surface area contributed by atoms with Gasteiger partial charge in [0.15, 0.2) is 0 Å². The molecular weight excluding hydrogens is 245 g/mol. The van der Waals surface area contributed by atoms with Gasteiger partial charge in [-0.3, -0.25) is 0 Å². The second-order valence-corrected chi connectivity index (χ2v) is 4.60. The van der Waals surface area contributed by atoms with E-state index in [4.69, 9.17) is 17.3 Å². The fraction of sp³-hybridized carbons (Fsp3) is 0.545. The van der Waals surface area contributed by atoms with Gasteiger partial charge in [0.1, 0.15) is 5.15 Å². The zero-order chi connectivity index (χ0) is 10.8. The Morgan fingerprint density at radius 1 is 1.50 bits per heavy atom. The average Bonchev–Trinajstić information content (AvgIpc) is 2.23. The van der Waals surface area contributed by atoms with E-state index in [1.165, 1.54) is 0 Å². The van der Waals surface area contributed by atoms with E-state index in [-0.39, 0.29) is 18.4 Å². The van der Waals surface area contributed by atoms with E-state index >= 15 is 0 Å². The summed E-state index contributed by atoms with van der Waals surface area (Å²) >= 11 is 5.75. The smallest absolute Gasteiger partial charge is 0.129 e. The fourth-order valence-electron chi connectivity index (χ4n) is 1.89. The molecule has 0 bridgehead atoms. The second kappa shape index (κ2) is 5.71. The maximum atomic E-state index is 6.05. The molecule has 0 aliphatic carbocycles. The Labute approximate surface area is 107 Å². The van der Waals surface area contributed by atoms with Crippen molar-refractivity contribution in [2.24, 2.45) is 11.7 Å². The van der Waals surface area contributed by atoms with Gasteiger partial charge in [0.2, 0.25) is 0 Å².